The maximum atomic E-state index is 13.3. The van der Waals surface area contributed by atoms with E-state index in [0.717, 1.165) is 27.5 Å². The first-order valence-electron chi connectivity index (χ1n) is 12.4. The predicted molar refractivity (Wildman–Crippen MR) is 142 cm³/mol. The summed E-state index contributed by atoms with van der Waals surface area (Å²) in [7, 11) is 0. The molecule has 0 radical (unpaired) electrons. The first kappa shape index (κ1) is 25.3. The van der Waals surface area contributed by atoms with Crippen molar-refractivity contribution in [2.24, 2.45) is 0 Å². The Hall–Kier alpha value is -3.81. The number of nitrogens with zero attached hydrogens (tertiary/aromatic N) is 3. The molecule has 1 unspecified atom stereocenters. The second-order valence-corrected chi connectivity index (χ2v) is 10.3. The Labute approximate surface area is 211 Å². The molecule has 8 nitrogen and oxygen atoms in total. The summed E-state index contributed by atoms with van der Waals surface area (Å²) in [6, 6.07) is 15.5. The van der Waals surface area contributed by atoms with Crippen LogP contribution in [0.2, 0.25) is 0 Å². The van der Waals surface area contributed by atoms with Crippen molar-refractivity contribution >= 4 is 33.9 Å². The van der Waals surface area contributed by atoms with E-state index in [1.54, 1.807) is 27.1 Å². The maximum Gasteiger partial charge on any atom is 0.408 e. The van der Waals surface area contributed by atoms with Crippen LogP contribution < -0.4 is 10.6 Å². The van der Waals surface area contributed by atoms with E-state index < -0.39 is 17.7 Å². The third kappa shape index (κ3) is 5.87. The van der Waals surface area contributed by atoms with Gasteiger partial charge in [0.2, 0.25) is 5.91 Å². The number of imidazole rings is 1. The summed E-state index contributed by atoms with van der Waals surface area (Å²) in [5.74, 6) is -0.258. The van der Waals surface area contributed by atoms with E-state index in [2.05, 4.69) is 52.4 Å². The van der Waals surface area contributed by atoms with E-state index in [-0.39, 0.29) is 11.9 Å². The quantitative estimate of drug-likeness (QED) is 0.371. The molecule has 4 aromatic rings. The molecular formula is C28H35N5O3. The standard InChI is InChI=1S/C28H35N5O3/c1-19(2)33-17-20(21-10-6-8-12-24(21)33)16-23(31-27(35)36-28(3,4)5)26(34)29-14-15-32-18-30-22-11-7-9-13-25(22)32/h6-13,17-19,23H,14-16H2,1-5H3,(H,29,34)(H,31,35). The van der Waals surface area contributed by atoms with Crippen LogP contribution in [0.5, 0.6) is 0 Å². The largest absolute Gasteiger partial charge is 0.444 e. The van der Waals surface area contributed by atoms with Crippen LogP contribution in [0.25, 0.3) is 21.9 Å². The normalized spacial score (nSPS) is 12.7. The zero-order valence-electron chi connectivity index (χ0n) is 21.6. The number of fused-ring (bicyclic) bond motifs is 2. The fourth-order valence-corrected chi connectivity index (χ4v) is 4.36. The Morgan fingerprint density at radius 1 is 1.03 bits per heavy atom. The molecule has 36 heavy (non-hydrogen) atoms. The number of nitrogens with one attached hydrogen (secondary N) is 2. The summed E-state index contributed by atoms with van der Waals surface area (Å²) in [6.45, 7) is 10.6. The predicted octanol–water partition coefficient (Wildman–Crippen LogP) is 4.82. The number of carbonyl (C=O) groups excluding carboxylic acids is 2. The van der Waals surface area contributed by atoms with Crippen molar-refractivity contribution < 1.29 is 14.3 Å². The van der Waals surface area contributed by atoms with E-state index in [1.165, 1.54) is 0 Å². The zero-order valence-corrected chi connectivity index (χ0v) is 21.6. The van der Waals surface area contributed by atoms with Crippen molar-refractivity contribution in [2.45, 2.75) is 65.3 Å². The Bertz CT molecular complexity index is 1360. The van der Waals surface area contributed by atoms with Gasteiger partial charge in [0, 0.05) is 42.7 Å². The molecule has 0 fully saturated rings. The minimum absolute atomic E-state index is 0.258. The van der Waals surface area contributed by atoms with Crippen LogP contribution in [0, 0.1) is 0 Å². The number of aromatic nitrogens is 3. The number of ether oxygens (including phenoxy) is 1. The van der Waals surface area contributed by atoms with Crippen molar-refractivity contribution in [3.8, 4) is 0 Å². The molecule has 0 aliphatic carbocycles. The summed E-state index contributed by atoms with van der Waals surface area (Å²) in [5, 5.41) is 6.85. The number of hydrogen-bond donors (Lipinski definition) is 2. The molecule has 2 N–H and O–H groups in total. The number of alkyl carbamates (subject to hydrolysis) is 1. The van der Waals surface area contributed by atoms with Gasteiger partial charge in [0.25, 0.3) is 0 Å². The molecule has 0 aliphatic heterocycles. The van der Waals surface area contributed by atoms with Gasteiger partial charge in [0.15, 0.2) is 0 Å². The Morgan fingerprint density at radius 3 is 2.44 bits per heavy atom. The van der Waals surface area contributed by atoms with Gasteiger partial charge in [-0.3, -0.25) is 4.79 Å². The molecular weight excluding hydrogens is 454 g/mol. The van der Waals surface area contributed by atoms with Gasteiger partial charge in [-0.15, -0.1) is 0 Å². The van der Waals surface area contributed by atoms with Crippen molar-refractivity contribution in [3.63, 3.8) is 0 Å². The van der Waals surface area contributed by atoms with Crippen LogP contribution in [0.1, 0.15) is 46.2 Å². The molecule has 0 bridgehead atoms. The van der Waals surface area contributed by atoms with Crippen LogP contribution in [0.3, 0.4) is 0 Å². The first-order chi connectivity index (χ1) is 17.1. The number of rotatable bonds is 8. The smallest absolute Gasteiger partial charge is 0.408 e. The monoisotopic (exact) mass is 489 g/mol. The molecule has 190 valence electrons. The lowest BCUT2D eigenvalue weighted by Gasteiger charge is -2.23. The minimum atomic E-state index is -0.786. The van der Waals surface area contributed by atoms with Crippen molar-refractivity contribution in [1.29, 1.82) is 0 Å². The van der Waals surface area contributed by atoms with Gasteiger partial charge in [-0.1, -0.05) is 30.3 Å². The van der Waals surface area contributed by atoms with Crippen LogP contribution in [-0.2, 0) is 22.5 Å². The van der Waals surface area contributed by atoms with Crippen LogP contribution in [-0.4, -0.2) is 44.3 Å². The van der Waals surface area contributed by atoms with Crippen molar-refractivity contribution in [3.05, 3.63) is 66.6 Å². The van der Waals surface area contributed by atoms with E-state index >= 15 is 0 Å². The molecule has 4 rings (SSSR count). The third-order valence-electron chi connectivity index (χ3n) is 5.99. The molecule has 1 atom stereocenters. The fourth-order valence-electron chi connectivity index (χ4n) is 4.36. The summed E-state index contributed by atoms with van der Waals surface area (Å²) in [4.78, 5) is 30.3. The lowest BCUT2D eigenvalue weighted by Crippen LogP contribution is -2.49. The molecule has 8 heteroatoms. The van der Waals surface area contributed by atoms with Crippen LogP contribution in [0.4, 0.5) is 4.79 Å². The van der Waals surface area contributed by atoms with E-state index in [1.807, 2.05) is 41.0 Å². The molecule has 0 saturated heterocycles. The van der Waals surface area contributed by atoms with E-state index in [0.29, 0.717) is 19.5 Å². The lowest BCUT2D eigenvalue weighted by molar-refractivity contribution is -0.123. The molecule has 0 saturated carbocycles. The molecule has 2 aromatic heterocycles. The van der Waals surface area contributed by atoms with Gasteiger partial charge in [0.1, 0.15) is 11.6 Å². The molecule has 2 heterocycles. The Morgan fingerprint density at radius 2 is 1.72 bits per heavy atom. The van der Waals surface area contributed by atoms with Gasteiger partial charge in [0.05, 0.1) is 17.4 Å². The van der Waals surface area contributed by atoms with Crippen molar-refractivity contribution in [2.75, 3.05) is 6.54 Å². The maximum absolute atomic E-state index is 13.3. The molecule has 2 aromatic carbocycles. The lowest BCUT2D eigenvalue weighted by atomic mass is 10.0. The van der Waals surface area contributed by atoms with E-state index in [4.69, 9.17) is 4.74 Å². The molecule has 0 aliphatic rings. The first-order valence-corrected chi connectivity index (χ1v) is 12.4. The average molecular weight is 490 g/mol. The third-order valence-corrected chi connectivity index (χ3v) is 5.99. The van der Waals surface area contributed by atoms with Gasteiger partial charge in [-0.2, -0.15) is 0 Å². The molecule has 2 amide bonds. The van der Waals surface area contributed by atoms with Crippen LogP contribution >= 0.6 is 0 Å². The zero-order chi connectivity index (χ0) is 25.9. The number of amides is 2. The van der Waals surface area contributed by atoms with Gasteiger partial charge < -0.3 is 24.5 Å². The topological polar surface area (TPSA) is 90.2 Å². The number of carbonyl (C=O) groups is 2. The SMILES string of the molecule is CC(C)n1cc(CC(NC(=O)OC(C)(C)C)C(=O)NCCn2cnc3ccccc32)c2ccccc21. The number of hydrogen-bond acceptors (Lipinski definition) is 4. The average Bonchev–Trinajstić information content (AvgIpc) is 3.39. The summed E-state index contributed by atoms with van der Waals surface area (Å²) < 4.78 is 9.64. The molecule has 0 spiro atoms. The van der Waals surface area contributed by atoms with E-state index in [9.17, 15) is 9.59 Å². The highest BCUT2D eigenvalue weighted by molar-refractivity contribution is 5.88. The Kier molecular flexibility index (Phi) is 7.33. The van der Waals surface area contributed by atoms with Crippen molar-refractivity contribution in [1.82, 2.24) is 24.8 Å². The second-order valence-electron chi connectivity index (χ2n) is 10.3. The Balaban J connectivity index is 1.52. The summed E-state index contributed by atoms with van der Waals surface area (Å²) in [5.41, 5.74) is 3.36. The minimum Gasteiger partial charge on any atom is -0.444 e. The van der Waals surface area contributed by atoms with Crippen LogP contribution in [0.15, 0.2) is 61.1 Å². The summed E-state index contributed by atoms with van der Waals surface area (Å²) in [6.07, 6.45) is 3.58. The van der Waals surface area contributed by atoms with Gasteiger partial charge >= 0.3 is 6.09 Å². The fraction of sp³-hybridized carbons (Fsp3) is 0.393. The van der Waals surface area contributed by atoms with Gasteiger partial charge in [-0.25, -0.2) is 9.78 Å². The van der Waals surface area contributed by atoms with Gasteiger partial charge in [-0.05, 0) is 58.4 Å². The number of para-hydroxylation sites is 3. The highest BCUT2D eigenvalue weighted by Gasteiger charge is 2.26. The highest BCUT2D eigenvalue weighted by atomic mass is 16.6. The second kappa shape index (κ2) is 10.4. The summed E-state index contributed by atoms with van der Waals surface area (Å²) >= 11 is 0. The number of benzene rings is 2. The highest BCUT2D eigenvalue weighted by Crippen LogP contribution is 2.26.